The first-order valence-corrected chi connectivity index (χ1v) is 10.8. The number of hydrogen-bond acceptors (Lipinski definition) is 4. The molecule has 1 aliphatic carbocycles. The number of amides is 1. The van der Waals surface area contributed by atoms with Crippen LogP contribution in [-0.2, 0) is 5.79 Å². The SMILES string of the molecule is O=C(NC[C@]1(F)CC[C@](F)(n2cc3ccc(-n4ccnc4)cc3n2)[C@H](O)[C@H]1F)c1ccccc1. The van der Waals surface area contributed by atoms with Gasteiger partial charge in [-0.1, -0.05) is 18.2 Å². The van der Waals surface area contributed by atoms with Crippen LogP contribution in [0.2, 0.25) is 0 Å². The van der Waals surface area contributed by atoms with Crippen LogP contribution in [0.4, 0.5) is 13.2 Å². The van der Waals surface area contributed by atoms with Crippen LogP contribution in [-0.4, -0.2) is 54.8 Å². The van der Waals surface area contributed by atoms with Crippen molar-refractivity contribution in [1.29, 1.82) is 0 Å². The van der Waals surface area contributed by atoms with E-state index in [4.69, 9.17) is 0 Å². The molecule has 2 heterocycles. The Hall–Kier alpha value is -3.66. The second-order valence-electron chi connectivity index (χ2n) is 8.54. The average Bonchev–Trinajstić information content (AvgIpc) is 3.54. The zero-order valence-corrected chi connectivity index (χ0v) is 18.0. The minimum Gasteiger partial charge on any atom is -0.384 e. The molecule has 0 aliphatic heterocycles. The van der Waals surface area contributed by atoms with Crippen molar-refractivity contribution in [2.24, 2.45) is 0 Å². The molecule has 4 atom stereocenters. The number of hydrogen-bond donors (Lipinski definition) is 2. The van der Waals surface area contributed by atoms with Gasteiger partial charge in [0.1, 0.15) is 6.10 Å². The summed E-state index contributed by atoms with van der Waals surface area (Å²) in [6.07, 6.45) is 0.367. The summed E-state index contributed by atoms with van der Waals surface area (Å²) in [5.74, 6) is -3.23. The quantitative estimate of drug-likeness (QED) is 0.469. The molecule has 1 amide bonds. The molecule has 34 heavy (non-hydrogen) atoms. The van der Waals surface area contributed by atoms with Gasteiger partial charge >= 0.3 is 0 Å². The molecule has 0 spiro atoms. The largest absolute Gasteiger partial charge is 0.384 e. The molecule has 1 aliphatic rings. The number of benzene rings is 2. The smallest absolute Gasteiger partial charge is 0.251 e. The zero-order chi connectivity index (χ0) is 23.9. The Labute approximate surface area is 192 Å². The molecule has 0 bridgehead atoms. The van der Waals surface area contributed by atoms with Gasteiger partial charge in [0.25, 0.3) is 5.91 Å². The van der Waals surface area contributed by atoms with Crippen LogP contribution in [0.3, 0.4) is 0 Å². The highest BCUT2D eigenvalue weighted by atomic mass is 19.2. The number of alkyl halides is 3. The maximum absolute atomic E-state index is 15.9. The van der Waals surface area contributed by atoms with Gasteiger partial charge in [-0.25, -0.2) is 22.8 Å². The Morgan fingerprint density at radius 2 is 1.97 bits per heavy atom. The lowest BCUT2D eigenvalue weighted by molar-refractivity contribution is -0.183. The molecule has 0 unspecified atom stereocenters. The lowest BCUT2D eigenvalue weighted by Gasteiger charge is -2.43. The fourth-order valence-electron chi connectivity index (χ4n) is 4.30. The van der Waals surface area contributed by atoms with Crippen molar-refractivity contribution in [3.05, 3.63) is 79.0 Å². The van der Waals surface area contributed by atoms with Crippen LogP contribution in [0.15, 0.2) is 73.4 Å². The van der Waals surface area contributed by atoms with Gasteiger partial charge in [-0.3, -0.25) is 4.79 Å². The van der Waals surface area contributed by atoms with Gasteiger partial charge in [0, 0.05) is 41.6 Å². The highest BCUT2D eigenvalue weighted by molar-refractivity contribution is 5.94. The van der Waals surface area contributed by atoms with Gasteiger partial charge in [-0.15, -0.1) is 0 Å². The second kappa shape index (κ2) is 8.28. The maximum atomic E-state index is 15.9. The minimum absolute atomic E-state index is 0.288. The molecule has 2 N–H and O–H groups in total. The van der Waals surface area contributed by atoms with Crippen molar-refractivity contribution in [3.63, 3.8) is 0 Å². The maximum Gasteiger partial charge on any atom is 0.251 e. The predicted molar refractivity (Wildman–Crippen MR) is 119 cm³/mol. The number of fused-ring (bicyclic) bond motifs is 1. The Balaban J connectivity index is 1.35. The molecule has 2 aromatic carbocycles. The Bertz CT molecular complexity index is 1310. The Kier molecular flexibility index (Phi) is 5.40. The monoisotopic (exact) mass is 469 g/mol. The van der Waals surface area contributed by atoms with E-state index in [9.17, 15) is 9.90 Å². The standard InChI is InChI=1S/C24H22F3N5O2/c25-20-21(33)24(27,9-8-23(20,26)14-29-22(34)16-4-2-1-3-5-16)32-13-17-6-7-18(12-19(17)30-32)31-11-10-28-15-31/h1-7,10-13,15,20-21,33H,8-9,14H2,(H,29,34)/t20-,21-,23-,24+/m1/s1. The summed E-state index contributed by atoms with van der Waals surface area (Å²) in [5, 5.41) is 17.7. The number of aromatic nitrogens is 4. The Morgan fingerprint density at radius 3 is 2.71 bits per heavy atom. The van der Waals surface area contributed by atoms with E-state index in [1.165, 1.54) is 18.3 Å². The minimum atomic E-state index is -2.65. The van der Waals surface area contributed by atoms with E-state index < -0.39 is 49.0 Å². The van der Waals surface area contributed by atoms with E-state index in [0.29, 0.717) is 10.9 Å². The van der Waals surface area contributed by atoms with Crippen LogP contribution in [0.1, 0.15) is 23.2 Å². The van der Waals surface area contributed by atoms with Gasteiger partial charge in [-0.05, 0) is 36.8 Å². The summed E-state index contributed by atoms with van der Waals surface area (Å²) in [4.78, 5) is 16.2. The van der Waals surface area contributed by atoms with Crippen molar-refractivity contribution in [2.75, 3.05) is 6.54 Å². The number of rotatable bonds is 5. The number of aliphatic hydroxyl groups is 1. The first kappa shape index (κ1) is 22.1. The van der Waals surface area contributed by atoms with Crippen molar-refractivity contribution >= 4 is 16.8 Å². The van der Waals surface area contributed by atoms with Crippen molar-refractivity contribution in [3.8, 4) is 5.69 Å². The van der Waals surface area contributed by atoms with E-state index in [-0.39, 0.29) is 5.56 Å². The molecule has 4 aromatic rings. The predicted octanol–water partition coefficient (Wildman–Crippen LogP) is 3.48. The molecule has 0 saturated heterocycles. The van der Waals surface area contributed by atoms with E-state index >= 15 is 13.2 Å². The van der Waals surface area contributed by atoms with Gasteiger partial charge in [-0.2, -0.15) is 5.10 Å². The molecule has 1 saturated carbocycles. The number of imidazole rings is 1. The van der Waals surface area contributed by atoms with Gasteiger partial charge in [0.15, 0.2) is 11.8 Å². The van der Waals surface area contributed by atoms with Crippen molar-refractivity contribution < 1.29 is 23.1 Å². The lowest BCUT2D eigenvalue weighted by Crippen LogP contribution is -2.61. The molecule has 5 rings (SSSR count). The molecule has 7 nitrogen and oxygen atoms in total. The number of carbonyl (C=O) groups is 1. The van der Waals surface area contributed by atoms with Gasteiger partial charge in [0.05, 0.1) is 18.4 Å². The van der Waals surface area contributed by atoms with Gasteiger partial charge in [0.2, 0.25) is 5.79 Å². The number of nitrogens with one attached hydrogen (secondary N) is 1. The molecule has 0 radical (unpaired) electrons. The van der Waals surface area contributed by atoms with Crippen LogP contribution in [0.5, 0.6) is 0 Å². The van der Waals surface area contributed by atoms with Crippen molar-refractivity contribution in [1.82, 2.24) is 24.6 Å². The lowest BCUT2D eigenvalue weighted by atomic mass is 9.78. The summed E-state index contributed by atoms with van der Waals surface area (Å²) in [7, 11) is 0. The van der Waals surface area contributed by atoms with Crippen LogP contribution < -0.4 is 5.32 Å². The summed E-state index contributed by atoms with van der Waals surface area (Å²) in [6.45, 7) is -0.690. The molecular weight excluding hydrogens is 447 g/mol. The molecular formula is C24H22F3N5O2. The molecule has 2 aromatic heterocycles. The van der Waals surface area contributed by atoms with E-state index in [0.717, 1.165) is 10.4 Å². The molecule has 1 fully saturated rings. The highest BCUT2D eigenvalue weighted by Gasteiger charge is 2.59. The van der Waals surface area contributed by atoms with Crippen LogP contribution in [0.25, 0.3) is 16.6 Å². The molecule has 176 valence electrons. The summed E-state index contributed by atoms with van der Waals surface area (Å²) < 4.78 is 49.0. The Morgan fingerprint density at radius 1 is 1.18 bits per heavy atom. The fraction of sp³-hybridized carbons (Fsp3) is 0.292. The number of halogens is 3. The third kappa shape index (κ3) is 3.73. The normalized spacial score (nSPS) is 27.1. The first-order chi connectivity index (χ1) is 16.3. The highest BCUT2D eigenvalue weighted by Crippen LogP contribution is 2.44. The number of aliphatic hydroxyl groups excluding tert-OH is 1. The summed E-state index contributed by atoms with van der Waals surface area (Å²) in [6, 6.07) is 13.3. The third-order valence-electron chi connectivity index (χ3n) is 6.37. The van der Waals surface area contributed by atoms with E-state index in [2.05, 4.69) is 15.4 Å². The topological polar surface area (TPSA) is 85.0 Å². The molecule has 10 heteroatoms. The van der Waals surface area contributed by atoms with E-state index in [1.54, 1.807) is 59.7 Å². The first-order valence-electron chi connectivity index (χ1n) is 10.8. The van der Waals surface area contributed by atoms with Crippen LogP contribution in [0, 0.1) is 0 Å². The number of nitrogens with zero attached hydrogens (tertiary/aromatic N) is 4. The summed E-state index contributed by atoms with van der Waals surface area (Å²) in [5.41, 5.74) is -1.16. The zero-order valence-electron chi connectivity index (χ0n) is 18.0. The fourth-order valence-corrected chi connectivity index (χ4v) is 4.30. The second-order valence-corrected chi connectivity index (χ2v) is 8.54. The third-order valence-corrected chi connectivity index (χ3v) is 6.37. The van der Waals surface area contributed by atoms with Crippen molar-refractivity contribution in [2.45, 2.75) is 36.6 Å². The summed E-state index contributed by atoms with van der Waals surface area (Å²) >= 11 is 0. The van der Waals surface area contributed by atoms with Gasteiger partial charge < -0.3 is 15.0 Å². The number of carbonyl (C=O) groups excluding carboxylic acids is 1. The van der Waals surface area contributed by atoms with Crippen LogP contribution >= 0.6 is 0 Å². The van der Waals surface area contributed by atoms with E-state index in [1.807, 2.05) is 0 Å². The average molecular weight is 469 g/mol.